The van der Waals surface area contributed by atoms with Crippen LogP contribution in [-0.4, -0.2) is 40.0 Å². The van der Waals surface area contributed by atoms with E-state index in [1.807, 2.05) is 0 Å². The number of pyridine rings is 1. The van der Waals surface area contributed by atoms with Crippen LogP contribution in [0.15, 0.2) is 10.9 Å². The molecular formula is C14H18N2O4. The number of carbonyl (C=O) groups is 2. The molecule has 1 fully saturated rings. The lowest BCUT2D eigenvalue weighted by atomic mass is 9.99. The van der Waals surface area contributed by atoms with Gasteiger partial charge < -0.3 is 15.0 Å². The van der Waals surface area contributed by atoms with Gasteiger partial charge in [0.2, 0.25) is 0 Å². The van der Waals surface area contributed by atoms with Crippen LogP contribution in [-0.2, 0) is 4.79 Å². The first kappa shape index (κ1) is 14.3. The number of aliphatic carboxylic acids is 1. The van der Waals surface area contributed by atoms with Crippen molar-refractivity contribution in [2.45, 2.75) is 20.8 Å². The molecule has 0 radical (unpaired) electrons. The molecule has 1 aromatic heterocycles. The second kappa shape index (κ2) is 5.11. The maximum absolute atomic E-state index is 12.4. The van der Waals surface area contributed by atoms with Gasteiger partial charge in [0.15, 0.2) is 0 Å². The van der Waals surface area contributed by atoms with Crippen LogP contribution in [0.2, 0.25) is 0 Å². The van der Waals surface area contributed by atoms with Crippen LogP contribution in [0, 0.1) is 25.7 Å². The molecule has 20 heavy (non-hydrogen) atoms. The summed E-state index contributed by atoms with van der Waals surface area (Å²) >= 11 is 0. The molecule has 0 unspecified atom stereocenters. The number of carbonyl (C=O) groups excluding carboxylic acids is 1. The van der Waals surface area contributed by atoms with E-state index in [2.05, 4.69) is 4.98 Å². The molecule has 1 aromatic rings. The first-order valence-corrected chi connectivity index (χ1v) is 6.54. The molecule has 1 saturated heterocycles. The Kier molecular flexibility index (Phi) is 3.65. The highest BCUT2D eigenvalue weighted by molar-refractivity contribution is 5.95. The Balaban J connectivity index is 2.30. The van der Waals surface area contributed by atoms with Gasteiger partial charge in [0.05, 0.1) is 5.92 Å². The van der Waals surface area contributed by atoms with Crippen LogP contribution in [0.1, 0.15) is 28.5 Å². The van der Waals surface area contributed by atoms with Gasteiger partial charge in [-0.05, 0) is 31.4 Å². The van der Waals surface area contributed by atoms with Gasteiger partial charge in [0.25, 0.3) is 11.5 Å². The number of carboxylic acids is 1. The lowest BCUT2D eigenvalue weighted by Gasteiger charge is -2.16. The fraction of sp³-hybridized carbons (Fsp3) is 0.500. The third-order valence-corrected chi connectivity index (χ3v) is 3.80. The van der Waals surface area contributed by atoms with Crippen molar-refractivity contribution in [3.05, 3.63) is 33.2 Å². The van der Waals surface area contributed by atoms with E-state index in [1.54, 1.807) is 26.8 Å². The van der Waals surface area contributed by atoms with E-state index in [0.717, 1.165) is 0 Å². The van der Waals surface area contributed by atoms with E-state index in [-0.39, 0.29) is 23.9 Å². The molecule has 108 valence electrons. The molecule has 1 aliphatic rings. The van der Waals surface area contributed by atoms with E-state index >= 15 is 0 Å². The zero-order chi connectivity index (χ0) is 15.0. The van der Waals surface area contributed by atoms with Crippen molar-refractivity contribution in [2.75, 3.05) is 13.1 Å². The Hall–Kier alpha value is -2.11. The summed E-state index contributed by atoms with van der Waals surface area (Å²) in [6.07, 6.45) is 0. The van der Waals surface area contributed by atoms with Gasteiger partial charge in [-0.1, -0.05) is 6.92 Å². The predicted octanol–water partition coefficient (Wildman–Crippen LogP) is 0.784. The molecule has 0 spiro atoms. The SMILES string of the molecule is Cc1cc(C)c(C(=O)N2C[C@@H](C)[C@H](C(=O)O)C2)c(=O)[nH]1. The zero-order valence-corrected chi connectivity index (χ0v) is 11.8. The number of rotatable bonds is 2. The van der Waals surface area contributed by atoms with Crippen LogP contribution in [0.5, 0.6) is 0 Å². The number of likely N-dealkylation sites (tertiary alicyclic amines) is 1. The number of hydrogen-bond donors (Lipinski definition) is 2. The summed E-state index contributed by atoms with van der Waals surface area (Å²) in [5, 5.41) is 9.09. The van der Waals surface area contributed by atoms with Crippen molar-refractivity contribution in [3.8, 4) is 0 Å². The average Bonchev–Trinajstić information content (AvgIpc) is 2.69. The second-order valence-electron chi connectivity index (χ2n) is 5.47. The highest BCUT2D eigenvalue weighted by Gasteiger charge is 2.38. The molecule has 6 heteroatoms. The minimum absolute atomic E-state index is 0.105. The zero-order valence-electron chi connectivity index (χ0n) is 11.8. The molecule has 0 bridgehead atoms. The van der Waals surface area contributed by atoms with Gasteiger partial charge in [-0.3, -0.25) is 14.4 Å². The lowest BCUT2D eigenvalue weighted by molar-refractivity contribution is -0.142. The molecule has 0 saturated carbocycles. The van der Waals surface area contributed by atoms with Crippen LogP contribution in [0.4, 0.5) is 0 Å². The third-order valence-electron chi connectivity index (χ3n) is 3.80. The number of H-pyrrole nitrogens is 1. The van der Waals surface area contributed by atoms with Crippen LogP contribution < -0.4 is 5.56 Å². The topological polar surface area (TPSA) is 90.5 Å². The Labute approximate surface area is 116 Å². The number of nitrogens with zero attached hydrogens (tertiary/aromatic N) is 1. The van der Waals surface area contributed by atoms with Crippen molar-refractivity contribution in [2.24, 2.45) is 11.8 Å². The van der Waals surface area contributed by atoms with Crippen LogP contribution >= 0.6 is 0 Å². The fourth-order valence-corrected chi connectivity index (χ4v) is 2.73. The molecule has 0 aromatic carbocycles. The van der Waals surface area contributed by atoms with Gasteiger partial charge in [-0.25, -0.2) is 0 Å². The molecule has 2 atom stereocenters. The number of amides is 1. The maximum atomic E-state index is 12.4. The standard InChI is InChI=1S/C14H18N2O4/c1-7-4-9(3)15-12(17)11(7)13(18)16-5-8(2)10(6-16)14(19)20/h4,8,10H,5-6H2,1-3H3,(H,15,17)(H,19,20)/t8-,10-/m1/s1. The van der Waals surface area contributed by atoms with Gasteiger partial charge in [-0.2, -0.15) is 0 Å². The summed E-state index contributed by atoms with van der Waals surface area (Å²) in [6, 6.07) is 1.74. The first-order chi connectivity index (χ1) is 9.31. The molecule has 2 rings (SSSR count). The molecule has 2 heterocycles. The number of carboxylic acid groups (broad SMARTS) is 1. The Morgan fingerprint density at radius 2 is 2.00 bits per heavy atom. The van der Waals surface area contributed by atoms with Gasteiger partial charge in [-0.15, -0.1) is 0 Å². The molecule has 6 nitrogen and oxygen atoms in total. The van der Waals surface area contributed by atoms with Crippen molar-refractivity contribution in [1.82, 2.24) is 9.88 Å². The molecule has 2 N–H and O–H groups in total. The minimum Gasteiger partial charge on any atom is -0.481 e. The van der Waals surface area contributed by atoms with Crippen LogP contribution in [0.25, 0.3) is 0 Å². The summed E-state index contributed by atoms with van der Waals surface area (Å²) in [5.41, 5.74) is 0.998. The maximum Gasteiger partial charge on any atom is 0.308 e. The van der Waals surface area contributed by atoms with E-state index in [0.29, 0.717) is 17.8 Å². The summed E-state index contributed by atoms with van der Waals surface area (Å²) in [7, 11) is 0. The van der Waals surface area contributed by atoms with Gasteiger partial charge in [0.1, 0.15) is 5.56 Å². The number of nitrogens with one attached hydrogen (secondary N) is 1. The smallest absolute Gasteiger partial charge is 0.308 e. The van der Waals surface area contributed by atoms with Crippen molar-refractivity contribution in [3.63, 3.8) is 0 Å². The monoisotopic (exact) mass is 278 g/mol. The van der Waals surface area contributed by atoms with Gasteiger partial charge in [0, 0.05) is 18.8 Å². The highest BCUT2D eigenvalue weighted by atomic mass is 16.4. The Morgan fingerprint density at radius 1 is 1.35 bits per heavy atom. The third kappa shape index (κ3) is 2.45. The summed E-state index contributed by atoms with van der Waals surface area (Å²) in [4.78, 5) is 39.5. The summed E-state index contributed by atoms with van der Waals surface area (Å²) < 4.78 is 0. The van der Waals surface area contributed by atoms with E-state index in [1.165, 1.54) is 4.90 Å². The van der Waals surface area contributed by atoms with Crippen molar-refractivity contribution < 1.29 is 14.7 Å². The predicted molar refractivity (Wildman–Crippen MR) is 72.7 cm³/mol. The normalized spacial score (nSPS) is 22.1. The van der Waals surface area contributed by atoms with Crippen LogP contribution in [0.3, 0.4) is 0 Å². The van der Waals surface area contributed by atoms with E-state index < -0.39 is 17.4 Å². The minimum atomic E-state index is -0.901. The first-order valence-electron chi connectivity index (χ1n) is 6.54. The second-order valence-corrected chi connectivity index (χ2v) is 5.47. The highest BCUT2D eigenvalue weighted by Crippen LogP contribution is 2.24. The molecular weight excluding hydrogens is 260 g/mol. The molecule has 1 aliphatic heterocycles. The Morgan fingerprint density at radius 3 is 2.50 bits per heavy atom. The lowest BCUT2D eigenvalue weighted by Crippen LogP contribution is -2.35. The summed E-state index contributed by atoms with van der Waals surface area (Å²) in [5.74, 6) is -1.97. The van der Waals surface area contributed by atoms with Crippen molar-refractivity contribution in [1.29, 1.82) is 0 Å². The fourth-order valence-electron chi connectivity index (χ4n) is 2.73. The number of aromatic nitrogens is 1. The number of hydrogen-bond acceptors (Lipinski definition) is 3. The largest absolute Gasteiger partial charge is 0.481 e. The van der Waals surface area contributed by atoms with E-state index in [9.17, 15) is 14.4 Å². The average molecular weight is 278 g/mol. The Bertz CT molecular complexity index is 620. The number of aryl methyl sites for hydroxylation is 2. The number of aromatic amines is 1. The van der Waals surface area contributed by atoms with Gasteiger partial charge >= 0.3 is 5.97 Å². The molecule has 1 amide bonds. The summed E-state index contributed by atoms with van der Waals surface area (Å²) in [6.45, 7) is 5.79. The van der Waals surface area contributed by atoms with E-state index in [4.69, 9.17) is 5.11 Å². The van der Waals surface area contributed by atoms with Crippen molar-refractivity contribution >= 4 is 11.9 Å². The molecule has 0 aliphatic carbocycles. The quantitative estimate of drug-likeness (QED) is 0.836.